The van der Waals surface area contributed by atoms with E-state index in [1.165, 1.54) is 35.9 Å². The van der Waals surface area contributed by atoms with Crippen molar-refractivity contribution in [2.24, 2.45) is 0 Å². The molecule has 0 N–H and O–H groups in total. The lowest BCUT2D eigenvalue weighted by Crippen LogP contribution is -2.27. The summed E-state index contributed by atoms with van der Waals surface area (Å²) < 4.78 is 112. The predicted molar refractivity (Wildman–Crippen MR) is 199 cm³/mol. The molecule has 48 heavy (non-hydrogen) atoms. The van der Waals surface area contributed by atoms with Crippen LogP contribution >= 0.6 is 0 Å². The van der Waals surface area contributed by atoms with Gasteiger partial charge in [-0.25, -0.2) is 0 Å². The number of nitrogens with zero attached hydrogens (tertiary/aromatic N) is 6. The van der Waals surface area contributed by atoms with Gasteiger partial charge in [0.25, 0.3) is 0 Å². The first-order valence-corrected chi connectivity index (χ1v) is 16.5. The van der Waals surface area contributed by atoms with Crippen LogP contribution in [0.25, 0.3) is 21.8 Å². The third-order valence-corrected chi connectivity index (χ3v) is 9.61. The van der Waals surface area contributed by atoms with Crippen LogP contribution in [-0.2, 0) is 51.9 Å². The largest absolute Gasteiger partial charge is 0.344 e. The summed E-state index contributed by atoms with van der Waals surface area (Å²) in [6, 6.07) is 13.7. The second kappa shape index (κ2) is 13.7. The molecule has 248 valence electrons. The van der Waals surface area contributed by atoms with Crippen LogP contribution in [0.3, 0.4) is 0 Å². The van der Waals surface area contributed by atoms with Crippen molar-refractivity contribution in [2.45, 2.75) is 79.3 Å². The number of fused-ring (bicyclic) bond motifs is 6. The molecule has 0 unspecified atom stereocenters. The summed E-state index contributed by atoms with van der Waals surface area (Å²) in [6.45, 7) is -4.34. The van der Waals surface area contributed by atoms with Crippen molar-refractivity contribution in [3.8, 4) is 0 Å². The van der Waals surface area contributed by atoms with Gasteiger partial charge in [0.2, 0.25) is 0 Å². The maximum absolute atomic E-state index is 8.23. The molecule has 0 bridgehead atoms. The Morgan fingerprint density at radius 2 is 1.12 bits per heavy atom. The average Bonchev–Trinajstić information content (AvgIpc) is 3.66. The van der Waals surface area contributed by atoms with Crippen LogP contribution < -0.4 is 0 Å². The van der Waals surface area contributed by atoms with Gasteiger partial charge in [0, 0.05) is 126 Å². The zero-order valence-corrected chi connectivity index (χ0v) is 27.5. The number of likely N-dealkylation sites (N-methyl/N-ethyl adjacent to an activating group) is 2. The number of benzene rings is 2. The summed E-state index contributed by atoms with van der Waals surface area (Å²) in [6.07, 6.45) is 5.80. The molecule has 0 saturated carbocycles. The molecule has 0 amide bonds. The molecule has 0 spiro atoms. The highest BCUT2D eigenvalue weighted by Gasteiger charge is 2.23. The highest BCUT2D eigenvalue weighted by Crippen LogP contribution is 2.33. The van der Waals surface area contributed by atoms with E-state index >= 15 is 0 Å². The lowest BCUT2D eigenvalue weighted by Gasteiger charge is -2.24. The maximum atomic E-state index is 8.23. The van der Waals surface area contributed by atoms with E-state index in [4.69, 9.17) is 19.2 Å². The average molecular weight is 653 g/mol. The SMILES string of the molecule is [2H]c1cc(C([2H])([2H])[2H])ncc1CCn1c2c(c3cc(C([2H])([2H])[2H])ccc31)CN(C)CC2.[2H]c1cc(C([2H])([2H])[2H])ncc1CCn1c2c(c3cc(C([2H])([2H])[2H])ccc31)CN(C)CC2. The van der Waals surface area contributed by atoms with Gasteiger partial charge in [-0.15, -0.1) is 0 Å². The van der Waals surface area contributed by atoms with Crippen LogP contribution in [-0.4, -0.2) is 56.1 Å². The Labute approximate surface area is 305 Å². The minimum atomic E-state index is -2.32. The van der Waals surface area contributed by atoms with Gasteiger partial charge in [-0.1, -0.05) is 35.3 Å². The fourth-order valence-electron chi connectivity index (χ4n) is 7.18. The number of aryl methyl sites for hydroxylation is 8. The van der Waals surface area contributed by atoms with Gasteiger partial charge in [0.15, 0.2) is 0 Å². The van der Waals surface area contributed by atoms with Crippen molar-refractivity contribution in [2.75, 3.05) is 27.2 Å². The predicted octanol–water partition coefficient (Wildman–Crippen LogP) is 7.77. The van der Waals surface area contributed by atoms with Gasteiger partial charge in [-0.3, -0.25) is 9.97 Å². The van der Waals surface area contributed by atoms with Gasteiger partial charge < -0.3 is 18.9 Å². The lowest BCUT2D eigenvalue weighted by molar-refractivity contribution is 0.309. The van der Waals surface area contributed by atoms with Gasteiger partial charge in [-0.05, 0) is 113 Å². The topological polar surface area (TPSA) is 42.1 Å². The van der Waals surface area contributed by atoms with Gasteiger partial charge in [0.1, 0.15) is 0 Å². The first-order chi connectivity index (χ1) is 28.9. The van der Waals surface area contributed by atoms with Crippen LogP contribution in [0.4, 0.5) is 0 Å². The van der Waals surface area contributed by atoms with Crippen molar-refractivity contribution in [3.63, 3.8) is 0 Å². The summed E-state index contributed by atoms with van der Waals surface area (Å²) in [7, 11) is 4.12. The Bertz CT molecular complexity index is 2440. The van der Waals surface area contributed by atoms with Gasteiger partial charge >= 0.3 is 0 Å². The van der Waals surface area contributed by atoms with E-state index in [0.717, 1.165) is 72.0 Å². The minimum absolute atomic E-state index is 0.0646. The van der Waals surface area contributed by atoms with E-state index in [1.54, 1.807) is 24.3 Å². The zero-order valence-electron chi connectivity index (χ0n) is 41.5. The first kappa shape index (κ1) is 19.7. The van der Waals surface area contributed by atoms with Gasteiger partial charge in [-0.2, -0.15) is 0 Å². The van der Waals surface area contributed by atoms with Crippen molar-refractivity contribution in [1.29, 1.82) is 0 Å². The van der Waals surface area contributed by atoms with Crippen LogP contribution in [0.5, 0.6) is 0 Å². The van der Waals surface area contributed by atoms with Crippen LogP contribution in [0.1, 0.15) is 75.3 Å². The Balaban J connectivity index is 0.000000186. The van der Waals surface area contributed by atoms with E-state index in [-0.39, 0.29) is 23.5 Å². The minimum Gasteiger partial charge on any atom is -0.344 e. The number of pyridine rings is 2. The summed E-state index contributed by atoms with van der Waals surface area (Å²) in [5, 5.41) is 1.94. The third kappa shape index (κ3) is 6.69. The smallest absolute Gasteiger partial charge is 0.0627 e. The molecule has 0 fully saturated rings. The molecule has 0 saturated heterocycles. The second-order valence-electron chi connectivity index (χ2n) is 13.0. The lowest BCUT2D eigenvalue weighted by atomic mass is 10.0. The molecule has 4 aromatic heterocycles. The Hall–Kier alpha value is -4.26. The summed E-state index contributed by atoms with van der Waals surface area (Å²) in [5.74, 6) is 0. The molecule has 2 aromatic carbocycles. The van der Waals surface area contributed by atoms with Crippen LogP contribution in [0.15, 0.2) is 73.0 Å². The van der Waals surface area contributed by atoms with E-state index in [2.05, 4.69) is 43.0 Å². The highest BCUT2D eigenvalue weighted by atomic mass is 15.1. The number of hydrogen-bond donors (Lipinski definition) is 0. The molecule has 0 radical (unpaired) electrons. The Kier molecular flexibility index (Phi) is 5.61. The number of rotatable bonds is 6. The fourth-order valence-corrected chi connectivity index (χ4v) is 7.18. The first-order valence-electron chi connectivity index (χ1n) is 23.5. The number of aromatic nitrogens is 4. The molecule has 2 aliphatic heterocycles. The summed E-state index contributed by atoms with van der Waals surface area (Å²) >= 11 is 0. The molecular weight excluding hydrogens is 589 g/mol. The second-order valence-corrected chi connectivity index (χ2v) is 13.0. The summed E-state index contributed by atoms with van der Waals surface area (Å²) in [5.41, 5.74) is 8.65. The third-order valence-electron chi connectivity index (χ3n) is 9.61. The van der Waals surface area contributed by atoms with Crippen molar-refractivity contribution >= 4 is 21.8 Å². The van der Waals surface area contributed by atoms with E-state index < -0.39 is 27.4 Å². The monoisotopic (exact) mass is 652 g/mol. The fraction of sp³-hybridized carbons (Fsp3) is 0.381. The molecule has 0 aliphatic carbocycles. The normalized spacial score (nSPS) is 20.3. The molecule has 0 atom stereocenters. The van der Waals surface area contributed by atoms with Gasteiger partial charge in [0.05, 0.1) is 2.74 Å². The molecular formula is C42H50N6. The molecule has 6 heteroatoms. The molecule has 6 aromatic rings. The molecule has 8 rings (SSSR count). The molecule has 6 heterocycles. The highest BCUT2D eigenvalue weighted by molar-refractivity contribution is 5.87. The molecule has 6 nitrogen and oxygen atoms in total. The van der Waals surface area contributed by atoms with E-state index in [9.17, 15) is 0 Å². The maximum Gasteiger partial charge on any atom is 0.0627 e. The quantitative estimate of drug-likeness (QED) is 0.184. The van der Waals surface area contributed by atoms with Crippen LogP contribution in [0.2, 0.25) is 0 Å². The van der Waals surface area contributed by atoms with E-state index in [0.29, 0.717) is 48.2 Å². The van der Waals surface area contributed by atoms with E-state index in [1.807, 2.05) is 12.1 Å². The van der Waals surface area contributed by atoms with Crippen molar-refractivity contribution in [3.05, 3.63) is 129 Å². The van der Waals surface area contributed by atoms with Crippen molar-refractivity contribution < 1.29 is 19.2 Å². The van der Waals surface area contributed by atoms with Crippen LogP contribution in [0, 0.1) is 27.4 Å². The Morgan fingerprint density at radius 3 is 1.54 bits per heavy atom. The molecule has 2 aliphatic rings. The number of hydrogen-bond acceptors (Lipinski definition) is 4. The zero-order chi connectivity index (χ0) is 45.1. The Morgan fingerprint density at radius 1 is 0.646 bits per heavy atom. The summed E-state index contributed by atoms with van der Waals surface area (Å²) in [4.78, 5) is 12.6. The standard InChI is InChI=1S/2C21H25N3/c2*1-15-4-7-20-18(12-15)19-14-23(3)10-9-21(19)24(20)11-8-17-6-5-16(2)22-13-17/h2*4-7,12-13H,8-11,14H2,1-3H3/i2*1D3,2D3,6D. The van der Waals surface area contributed by atoms with Crippen molar-refractivity contribution in [1.82, 2.24) is 28.9 Å².